The molecule has 15 heavy (non-hydrogen) atoms. The van der Waals surface area contributed by atoms with Crippen LogP contribution in [0.5, 0.6) is 0 Å². The first kappa shape index (κ1) is 11.4. The Morgan fingerprint density at radius 2 is 2.13 bits per heavy atom. The van der Waals surface area contributed by atoms with Gasteiger partial charge in [-0.3, -0.25) is 0 Å². The zero-order chi connectivity index (χ0) is 10.7. The van der Waals surface area contributed by atoms with Gasteiger partial charge in [-0.05, 0) is 0 Å². The molecule has 1 saturated heterocycles. The van der Waals surface area contributed by atoms with Gasteiger partial charge in [-0.25, -0.2) is 0 Å². The van der Waals surface area contributed by atoms with E-state index in [1.807, 2.05) is 0 Å². The molecule has 0 spiro atoms. The Labute approximate surface area is 97.7 Å². The number of benzene rings is 1. The Morgan fingerprint density at radius 3 is 2.80 bits per heavy atom. The summed E-state index contributed by atoms with van der Waals surface area (Å²) in [6.07, 6.45) is 3.91. The van der Waals surface area contributed by atoms with Gasteiger partial charge in [-0.2, -0.15) is 0 Å². The van der Waals surface area contributed by atoms with E-state index >= 15 is 0 Å². The van der Waals surface area contributed by atoms with E-state index in [1.165, 1.54) is 24.3 Å². The molecular formula is C12H19OPS. The first-order valence-electron chi connectivity index (χ1n) is 5.54. The van der Waals surface area contributed by atoms with Gasteiger partial charge in [0.15, 0.2) is 0 Å². The molecule has 1 aliphatic heterocycles. The third kappa shape index (κ3) is 2.22. The molecule has 1 aromatic carbocycles. The normalized spacial score (nSPS) is 26.4. The Bertz CT molecular complexity index is 317. The van der Waals surface area contributed by atoms with Gasteiger partial charge in [0.1, 0.15) is 0 Å². The van der Waals surface area contributed by atoms with Crippen LogP contribution in [0.2, 0.25) is 0 Å². The number of hydrogen-bond acceptors (Lipinski definition) is 2. The Morgan fingerprint density at radius 1 is 1.40 bits per heavy atom. The van der Waals surface area contributed by atoms with Crippen molar-refractivity contribution in [3.63, 3.8) is 0 Å². The van der Waals surface area contributed by atoms with E-state index < -0.39 is 6.46 Å². The SMILES string of the molecule is COC[C@H]1CCC[PH]1(S)c1ccccc1. The quantitative estimate of drug-likeness (QED) is 0.633. The van der Waals surface area contributed by atoms with Crippen LogP contribution >= 0.6 is 18.7 Å². The third-order valence-corrected chi connectivity index (χ3v) is 10.2. The summed E-state index contributed by atoms with van der Waals surface area (Å²) in [5.41, 5.74) is 0.688. The molecule has 0 bridgehead atoms. The molecule has 1 atom stereocenters. The fraction of sp³-hybridized carbons (Fsp3) is 0.500. The Hall–Kier alpha value is -0.0400. The first-order valence-corrected chi connectivity index (χ1v) is 9.11. The molecule has 0 aliphatic carbocycles. The number of methoxy groups -OCH3 is 1. The summed E-state index contributed by atoms with van der Waals surface area (Å²) < 4.78 is 5.33. The molecule has 1 nitrogen and oxygen atoms in total. The molecule has 0 radical (unpaired) electrons. The van der Waals surface area contributed by atoms with Crippen molar-refractivity contribution in [1.82, 2.24) is 0 Å². The van der Waals surface area contributed by atoms with E-state index in [0.29, 0.717) is 5.66 Å². The molecule has 0 saturated carbocycles. The number of thiol groups is 1. The van der Waals surface area contributed by atoms with E-state index in [2.05, 4.69) is 30.3 Å². The van der Waals surface area contributed by atoms with Crippen molar-refractivity contribution >= 4 is 24.0 Å². The minimum absolute atomic E-state index is 0.688. The molecule has 0 N–H and O–H groups in total. The predicted octanol–water partition coefficient (Wildman–Crippen LogP) is 2.72. The van der Waals surface area contributed by atoms with Gasteiger partial charge in [0.2, 0.25) is 0 Å². The van der Waals surface area contributed by atoms with Crippen LogP contribution in [-0.4, -0.2) is 25.5 Å². The maximum absolute atomic E-state index is 5.33. The van der Waals surface area contributed by atoms with Crippen LogP contribution in [0.25, 0.3) is 0 Å². The zero-order valence-corrected chi connectivity index (χ0v) is 11.0. The van der Waals surface area contributed by atoms with E-state index in [9.17, 15) is 0 Å². The summed E-state index contributed by atoms with van der Waals surface area (Å²) in [6, 6.07) is 10.8. The Kier molecular flexibility index (Phi) is 3.71. The van der Waals surface area contributed by atoms with Crippen molar-refractivity contribution in [2.75, 3.05) is 19.9 Å². The second kappa shape index (κ2) is 4.86. The molecule has 1 aromatic rings. The maximum atomic E-state index is 5.33. The fourth-order valence-electron chi connectivity index (χ4n) is 2.59. The van der Waals surface area contributed by atoms with Crippen LogP contribution in [-0.2, 0) is 4.74 Å². The van der Waals surface area contributed by atoms with E-state index in [4.69, 9.17) is 17.0 Å². The van der Waals surface area contributed by atoms with Gasteiger partial charge in [0, 0.05) is 0 Å². The molecule has 1 heterocycles. The first-order chi connectivity index (χ1) is 7.27. The summed E-state index contributed by atoms with van der Waals surface area (Å²) in [6.45, 7) is -0.664. The van der Waals surface area contributed by atoms with Crippen molar-refractivity contribution < 1.29 is 4.74 Å². The zero-order valence-electron chi connectivity index (χ0n) is 9.15. The standard InChI is InChI=1S/C12H19OPS/c1-13-10-12-8-5-9-14(12,15)11-6-3-2-4-7-11/h2-4,6-7,12,14-15H,5,8-10H2,1H3/t12-/m1/s1. The summed E-state index contributed by atoms with van der Waals surface area (Å²) in [4.78, 5) is 0. The van der Waals surface area contributed by atoms with E-state index in [-0.39, 0.29) is 0 Å². The number of ether oxygens (including phenoxy) is 1. The van der Waals surface area contributed by atoms with Gasteiger partial charge in [-0.1, -0.05) is 0 Å². The molecule has 0 aromatic heterocycles. The van der Waals surface area contributed by atoms with Crippen LogP contribution in [0.15, 0.2) is 30.3 Å². The van der Waals surface area contributed by atoms with Gasteiger partial charge in [0.25, 0.3) is 0 Å². The van der Waals surface area contributed by atoms with Crippen molar-refractivity contribution in [1.29, 1.82) is 0 Å². The number of rotatable bonds is 3. The summed E-state index contributed by atoms with van der Waals surface area (Å²) >= 11 is 5.06. The van der Waals surface area contributed by atoms with Gasteiger partial charge in [-0.15, -0.1) is 0 Å². The molecular weight excluding hydrogens is 223 g/mol. The van der Waals surface area contributed by atoms with Gasteiger partial charge >= 0.3 is 97.5 Å². The molecule has 1 fully saturated rings. The molecule has 2 rings (SSSR count). The number of hydrogen-bond donors (Lipinski definition) is 1. The van der Waals surface area contributed by atoms with E-state index in [1.54, 1.807) is 7.11 Å². The van der Waals surface area contributed by atoms with E-state index in [0.717, 1.165) is 6.61 Å². The van der Waals surface area contributed by atoms with Crippen LogP contribution in [0.3, 0.4) is 0 Å². The monoisotopic (exact) mass is 242 g/mol. The van der Waals surface area contributed by atoms with Crippen molar-refractivity contribution in [3.8, 4) is 0 Å². The average molecular weight is 242 g/mol. The van der Waals surface area contributed by atoms with Crippen LogP contribution in [0.4, 0.5) is 0 Å². The molecule has 84 valence electrons. The Balaban J connectivity index is 2.25. The van der Waals surface area contributed by atoms with Crippen LogP contribution in [0, 0.1) is 0 Å². The fourth-order valence-corrected chi connectivity index (χ4v) is 7.93. The summed E-state index contributed by atoms with van der Waals surface area (Å²) in [5.74, 6) is 0. The molecule has 3 heteroatoms. The molecule has 0 amide bonds. The van der Waals surface area contributed by atoms with Crippen molar-refractivity contribution in [3.05, 3.63) is 30.3 Å². The minimum atomic E-state index is -1.54. The molecule has 1 aliphatic rings. The second-order valence-electron chi connectivity index (χ2n) is 4.33. The predicted molar refractivity (Wildman–Crippen MR) is 73.1 cm³/mol. The van der Waals surface area contributed by atoms with Gasteiger partial charge < -0.3 is 0 Å². The van der Waals surface area contributed by atoms with Crippen LogP contribution in [0.1, 0.15) is 12.8 Å². The third-order valence-electron chi connectivity index (χ3n) is 3.43. The van der Waals surface area contributed by atoms with Crippen LogP contribution < -0.4 is 5.30 Å². The second-order valence-corrected chi connectivity index (χ2v) is 10.5. The van der Waals surface area contributed by atoms with Crippen molar-refractivity contribution in [2.24, 2.45) is 0 Å². The average Bonchev–Trinajstić information content (AvgIpc) is 2.64. The molecule has 0 unspecified atom stereocenters. The topological polar surface area (TPSA) is 9.23 Å². The summed E-state index contributed by atoms with van der Waals surface area (Å²) in [5, 5.41) is 1.48. The summed E-state index contributed by atoms with van der Waals surface area (Å²) in [7, 11) is 1.80. The van der Waals surface area contributed by atoms with Gasteiger partial charge in [0.05, 0.1) is 0 Å². The van der Waals surface area contributed by atoms with Crippen molar-refractivity contribution in [2.45, 2.75) is 18.5 Å².